The summed E-state index contributed by atoms with van der Waals surface area (Å²) in [6.45, 7) is 0. The molecule has 0 aromatic heterocycles. The number of nitrogens with one attached hydrogen (secondary N) is 1. The number of carbonyl (C=O) groups is 2. The number of rotatable bonds is 4. The van der Waals surface area contributed by atoms with Crippen molar-refractivity contribution < 1.29 is 19.6 Å². The third kappa shape index (κ3) is 2.76. The fourth-order valence-electron chi connectivity index (χ4n) is 2.50. The Morgan fingerprint density at radius 3 is 2.65 bits per heavy atom. The van der Waals surface area contributed by atoms with Gasteiger partial charge in [-0.15, -0.1) is 0 Å². The van der Waals surface area contributed by atoms with Crippen molar-refractivity contribution in [3.05, 3.63) is 39.9 Å². The summed E-state index contributed by atoms with van der Waals surface area (Å²) >= 11 is 0. The molecule has 0 bridgehead atoms. The molecule has 106 valence electrons. The Kier molecular flexibility index (Phi) is 3.97. The first-order chi connectivity index (χ1) is 9.50. The summed E-state index contributed by atoms with van der Waals surface area (Å²) in [7, 11) is 0. The fraction of sp³-hybridized carbons (Fsp3) is 0.385. The number of para-hydroxylation sites is 1. The smallest absolute Gasteiger partial charge is 0.308 e. The van der Waals surface area contributed by atoms with E-state index in [2.05, 4.69) is 5.32 Å². The monoisotopic (exact) mass is 278 g/mol. The lowest BCUT2D eigenvalue weighted by Gasteiger charge is -2.17. The fourth-order valence-corrected chi connectivity index (χ4v) is 2.50. The molecule has 0 heterocycles. The maximum absolute atomic E-state index is 12.1. The Hall–Kier alpha value is -2.44. The van der Waals surface area contributed by atoms with Gasteiger partial charge in [0.1, 0.15) is 5.56 Å². The molecule has 1 aromatic rings. The van der Waals surface area contributed by atoms with E-state index in [0.29, 0.717) is 12.8 Å². The van der Waals surface area contributed by atoms with Crippen LogP contribution in [-0.2, 0) is 4.79 Å². The van der Waals surface area contributed by atoms with Gasteiger partial charge in [-0.25, -0.2) is 0 Å². The molecule has 0 radical (unpaired) electrons. The van der Waals surface area contributed by atoms with E-state index < -0.39 is 28.8 Å². The van der Waals surface area contributed by atoms with Gasteiger partial charge in [-0.05, 0) is 18.9 Å². The number of hydrogen-bond acceptors (Lipinski definition) is 4. The van der Waals surface area contributed by atoms with Crippen LogP contribution in [0, 0.1) is 16.0 Å². The van der Waals surface area contributed by atoms with Gasteiger partial charge in [0.15, 0.2) is 0 Å². The second-order valence-electron chi connectivity index (χ2n) is 4.73. The number of nitro groups is 1. The summed E-state index contributed by atoms with van der Waals surface area (Å²) in [4.78, 5) is 33.4. The molecule has 1 saturated carbocycles. The lowest BCUT2D eigenvalue weighted by Crippen LogP contribution is -2.40. The Morgan fingerprint density at radius 1 is 1.30 bits per heavy atom. The van der Waals surface area contributed by atoms with Gasteiger partial charge >= 0.3 is 5.97 Å². The van der Waals surface area contributed by atoms with Crippen LogP contribution in [0.1, 0.15) is 29.6 Å². The zero-order valence-corrected chi connectivity index (χ0v) is 10.6. The van der Waals surface area contributed by atoms with Crippen molar-refractivity contribution in [2.24, 2.45) is 5.92 Å². The lowest BCUT2D eigenvalue weighted by atomic mass is 10.0. The number of carbonyl (C=O) groups excluding carboxylic acids is 1. The Bertz CT molecular complexity index is 557. The van der Waals surface area contributed by atoms with E-state index in [-0.39, 0.29) is 11.3 Å². The van der Waals surface area contributed by atoms with Gasteiger partial charge in [0, 0.05) is 12.1 Å². The molecule has 0 aliphatic heterocycles. The summed E-state index contributed by atoms with van der Waals surface area (Å²) in [6, 6.07) is 5.14. The normalized spacial score (nSPS) is 21.4. The number of carboxylic acids is 1. The van der Waals surface area contributed by atoms with E-state index >= 15 is 0 Å². The highest BCUT2D eigenvalue weighted by atomic mass is 16.6. The minimum absolute atomic E-state index is 0.0476. The Labute approximate surface area is 114 Å². The Morgan fingerprint density at radius 2 is 2.00 bits per heavy atom. The summed E-state index contributed by atoms with van der Waals surface area (Å²) in [5.74, 6) is -2.17. The number of hydrogen-bond donors (Lipinski definition) is 2. The number of amides is 1. The van der Waals surface area contributed by atoms with Gasteiger partial charge in [0.2, 0.25) is 0 Å². The average Bonchev–Trinajstić information content (AvgIpc) is 2.87. The van der Waals surface area contributed by atoms with E-state index in [9.17, 15) is 19.7 Å². The number of aliphatic carboxylic acids is 1. The molecule has 2 unspecified atom stereocenters. The summed E-state index contributed by atoms with van der Waals surface area (Å²) < 4.78 is 0. The summed E-state index contributed by atoms with van der Waals surface area (Å²) in [5.41, 5.74) is -0.330. The molecule has 0 saturated heterocycles. The largest absolute Gasteiger partial charge is 0.481 e. The first kappa shape index (κ1) is 14.0. The highest BCUT2D eigenvalue weighted by Gasteiger charge is 2.34. The van der Waals surface area contributed by atoms with Crippen LogP contribution >= 0.6 is 0 Å². The highest BCUT2D eigenvalue weighted by Crippen LogP contribution is 2.27. The molecule has 7 heteroatoms. The van der Waals surface area contributed by atoms with Crippen LogP contribution in [-0.4, -0.2) is 27.9 Å². The molecule has 1 amide bonds. The second-order valence-corrected chi connectivity index (χ2v) is 4.73. The zero-order chi connectivity index (χ0) is 14.7. The van der Waals surface area contributed by atoms with Crippen LogP contribution in [0.4, 0.5) is 5.69 Å². The first-order valence-corrected chi connectivity index (χ1v) is 6.28. The van der Waals surface area contributed by atoms with E-state index in [1.807, 2.05) is 0 Å². The van der Waals surface area contributed by atoms with Crippen molar-refractivity contribution in [1.29, 1.82) is 0 Å². The van der Waals surface area contributed by atoms with E-state index in [4.69, 9.17) is 5.11 Å². The molecular weight excluding hydrogens is 264 g/mol. The summed E-state index contributed by atoms with van der Waals surface area (Å²) in [5, 5.41) is 22.5. The average molecular weight is 278 g/mol. The van der Waals surface area contributed by atoms with Crippen molar-refractivity contribution in [2.75, 3.05) is 0 Å². The summed E-state index contributed by atoms with van der Waals surface area (Å²) in [6.07, 6.45) is 1.80. The maximum atomic E-state index is 12.1. The molecular formula is C13H14N2O5. The predicted octanol–water partition coefficient (Wildman–Crippen LogP) is 1.58. The van der Waals surface area contributed by atoms with Gasteiger partial charge in [0.25, 0.3) is 11.6 Å². The number of nitro benzene ring substituents is 1. The molecule has 1 aliphatic rings. The van der Waals surface area contributed by atoms with Crippen molar-refractivity contribution in [3.8, 4) is 0 Å². The van der Waals surface area contributed by atoms with Crippen LogP contribution in [0.3, 0.4) is 0 Å². The van der Waals surface area contributed by atoms with Gasteiger partial charge < -0.3 is 10.4 Å². The first-order valence-electron chi connectivity index (χ1n) is 6.28. The van der Waals surface area contributed by atoms with Gasteiger partial charge in [-0.3, -0.25) is 19.7 Å². The number of benzene rings is 1. The molecule has 1 fully saturated rings. The minimum atomic E-state index is -0.949. The van der Waals surface area contributed by atoms with Crippen molar-refractivity contribution in [3.63, 3.8) is 0 Å². The quantitative estimate of drug-likeness (QED) is 0.641. The number of nitrogens with zero attached hydrogens (tertiary/aromatic N) is 1. The van der Waals surface area contributed by atoms with E-state index in [1.165, 1.54) is 24.3 Å². The van der Waals surface area contributed by atoms with Gasteiger partial charge in [-0.1, -0.05) is 18.6 Å². The van der Waals surface area contributed by atoms with Crippen LogP contribution in [0.25, 0.3) is 0 Å². The van der Waals surface area contributed by atoms with Crippen LogP contribution in [0.5, 0.6) is 0 Å². The lowest BCUT2D eigenvalue weighted by molar-refractivity contribution is -0.385. The molecule has 1 aliphatic carbocycles. The Balaban J connectivity index is 2.17. The topological polar surface area (TPSA) is 110 Å². The third-order valence-electron chi connectivity index (χ3n) is 3.50. The van der Waals surface area contributed by atoms with Crippen molar-refractivity contribution in [1.82, 2.24) is 5.32 Å². The van der Waals surface area contributed by atoms with E-state index in [1.54, 1.807) is 0 Å². The predicted molar refractivity (Wildman–Crippen MR) is 69.3 cm³/mol. The van der Waals surface area contributed by atoms with E-state index in [0.717, 1.165) is 6.42 Å². The number of carboxylic acid groups (broad SMARTS) is 1. The SMILES string of the molecule is O=C(NC1CCCC1C(=O)O)c1ccccc1[N+](=O)[O-]. The van der Waals surface area contributed by atoms with Crippen LogP contribution in [0.2, 0.25) is 0 Å². The van der Waals surface area contributed by atoms with Crippen molar-refractivity contribution in [2.45, 2.75) is 25.3 Å². The van der Waals surface area contributed by atoms with Crippen LogP contribution in [0.15, 0.2) is 24.3 Å². The second kappa shape index (κ2) is 5.68. The third-order valence-corrected chi connectivity index (χ3v) is 3.50. The molecule has 2 atom stereocenters. The molecule has 1 aromatic carbocycles. The molecule has 2 N–H and O–H groups in total. The standard InChI is InChI=1S/C13H14N2O5/c16-12(9-4-1-2-7-11(9)15(19)20)14-10-6-3-5-8(10)13(17)18/h1-2,4,7-8,10H,3,5-6H2,(H,14,16)(H,17,18). The molecule has 2 rings (SSSR count). The van der Waals surface area contributed by atoms with Gasteiger partial charge in [-0.2, -0.15) is 0 Å². The maximum Gasteiger partial charge on any atom is 0.308 e. The van der Waals surface area contributed by atoms with Gasteiger partial charge in [0.05, 0.1) is 10.8 Å². The zero-order valence-electron chi connectivity index (χ0n) is 10.6. The highest BCUT2D eigenvalue weighted by molar-refractivity contribution is 5.98. The van der Waals surface area contributed by atoms with Crippen molar-refractivity contribution >= 4 is 17.6 Å². The van der Waals surface area contributed by atoms with Crippen LogP contribution < -0.4 is 5.32 Å². The molecule has 0 spiro atoms. The molecule has 20 heavy (non-hydrogen) atoms. The molecule has 7 nitrogen and oxygen atoms in total. The minimum Gasteiger partial charge on any atom is -0.481 e.